The number of thioether (sulfide) groups is 1. The smallest absolute Gasteiger partial charge is 0.161 e. The van der Waals surface area contributed by atoms with Gasteiger partial charge in [0.05, 0.1) is 5.54 Å². The van der Waals surface area contributed by atoms with Crippen LogP contribution in [0.3, 0.4) is 0 Å². The Hall–Kier alpha value is -0.960. The lowest BCUT2D eigenvalue weighted by Gasteiger charge is -2.15. The van der Waals surface area contributed by atoms with Gasteiger partial charge in [-0.1, -0.05) is 36.4 Å². The molecule has 1 heterocycles. The Morgan fingerprint density at radius 2 is 2.06 bits per heavy atom. The Morgan fingerprint density at radius 1 is 1.38 bits per heavy atom. The van der Waals surface area contributed by atoms with E-state index in [0.29, 0.717) is 0 Å². The number of anilines is 1. The maximum atomic E-state index is 4.72. The van der Waals surface area contributed by atoms with Crippen molar-refractivity contribution in [1.82, 2.24) is 0 Å². The lowest BCUT2D eigenvalue weighted by atomic mass is 10.0. The zero-order chi connectivity index (χ0) is 11.6. The lowest BCUT2D eigenvalue weighted by Crippen LogP contribution is -2.20. The highest BCUT2D eigenvalue weighted by Crippen LogP contribution is 2.30. The fourth-order valence-corrected chi connectivity index (χ4v) is 2.73. The monoisotopic (exact) mass is 234 g/mol. The molecule has 0 aliphatic carbocycles. The molecule has 0 aromatic heterocycles. The van der Waals surface area contributed by atoms with E-state index < -0.39 is 0 Å². The minimum Gasteiger partial charge on any atom is -0.335 e. The molecule has 86 valence electrons. The number of amidine groups is 1. The lowest BCUT2D eigenvalue weighted by molar-refractivity contribution is 0.523. The minimum atomic E-state index is 0.123. The zero-order valence-electron chi connectivity index (χ0n) is 10.1. The van der Waals surface area contributed by atoms with E-state index in [0.717, 1.165) is 23.0 Å². The first-order valence-corrected chi connectivity index (χ1v) is 6.66. The summed E-state index contributed by atoms with van der Waals surface area (Å²) in [4.78, 5) is 4.72. The van der Waals surface area contributed by atoms with E-state index >= 15 is 0 Å². The molecular formula is C13H18N2S. The van der Waals surface area contributed by atoms with Crippen LogP contribution in [0.4, 0.5) is 5.69 Å². The number of benzene rings is 1. The predicted molar refractivity (Wildman–Crippen MR) is 73.4 cm³/mol. The molecule has 1 aromatic carbocycles. The van der Waals surface area contributed by atoms with Crippen LogP contribution >= 0.6 is 11.8 Å². The summed E-state index contributed by atoms with van der Waals surface area (Å²) in [7, 11) is 0. The molecule has 0 fully saturated rings. The highest BCUT2D eigenvalue weighted by Gasteiger charge is 2.28. The summed E-state index contributed by atoms with van der Waals surface area (Å²) >= 11 is 1.81. The van der Waals surface area contributed by atoms with Crippen LogP contribution in [0.2, 0.25) is 0 Å². The Bertz CT molecular complexity index is 397. The fourth-order valence-electron chi connectivity index (χ4n) is 1.54. The van der Waals surface area contributed by atoms with Crippen LogP contribution in [-0.4, -0.2) is 16.5 Å². The Labute approximate surface area is 102 Å². The first-order chi connectivity index (χ1) is 7.61. The first kappa shape index (κ1) is 11.5. The topological polar surface area (TPSA) is 24.4 Å². The molecule has 0 saturated carbocycles. The molecule has 0 saturated heterocycles. The van der Waals surface area contributed by atoms with Crippen molar-refractivity contribution in [3.63, 3.8) is 0 Å². The summed E-state index contributed by atoms with van der Waals surface area (Å²) in [5.74, 6) is 1.08. The molecular weight excluding hydrogens is 216 g/mol. The largest absolute Gasteiger partial charge is 0.335 e. The van der Waals surface area contributed by atoms with Gasteiger partial charge in [-0.15, -0.1) is 0 Å². The van der Waals surface area contributed by atoms with Crippen molar-refractivity contribution in [1.29, 1.82) is 0 Å². The number of nitrogens with one attached hydrogen (secondary N) is 1. The van der Waals surface area contributed by atoms with Gasteiger partial charge >= 0.3 is 0 Å². The molecule has 1 unspecified atom stereocenters. The highest BCUT2D eigenvalue weighted by molar-refractivity contribution is 8.14. The fraction of sp³-hybridized carbons (Fsp3) is 0.462. The van der Waals surface area contributed by atoms with Crippen molar-refractivity contribution in [2.24, 2.45) is 4.99 Å². The molecule has 16 heavy (non-hydrogen) atoms. The Kier molecular flexibility index (Phi) is 3.24. The van der Waals surface area contributed by atoms with E-state index in [-0.39, 0.29) is 5.54 Å². The third-order valence-corrected chi connectivity index (χ3v) is 4.19. The van der Waals surface area contributed by atoms with E-state index in [4.69, 9.17) is 4.99 Å². The van der Waals surface area contributed by atoms with Crippen LogP contribution < -0.4 is 5.32 Å². The van der Waals surface area contributed by atoms with Gasteiger partial charge in [-0.3, -0.25) is 4.99 Å². The molecule has 0 spiro atoms. The molecule has 1 atom stereocenters. The number of aryl methyl sites for hydroxylation is 1. The molecule has 2 nitrogen and oxygen atoms in total. The van der Waals surface area contributed by atoms with Crippen LogP contribution in [-0.2, 0) is 0 Å². The molecule has 0 amide bonds. The van der Waals surface area contributed by atoms with Crippen molar-refractivity contribution in [3.8, 4) is 0 Å². The molecule has 3 heteroatoms. The number of hydrogen-bond acceptors (Lipinski definition) is 3. The second-order valence-corrected chi connectivity index (χ2v) is 5.51. The number of rotatable bonds is 2. The average Bonchev–Trinajstić information content (AvgIpc) is 2.65. The predicted octanol–water partition coefficient (Wildman–Crippen LogP) is 3.68. The van der Waals surface area contributed by atoms with Gasteiger partial charge in [0.1, 0.15) is 0 Å². The molecule has 1 aliphatic heterocycles. The van der Waals surface area contributed by atoms with Crippen molar-refractivity contribution in [3.05, 3.63) is 29.8 Å². The quantitative estimate of drug-likeness (QED) is 0.844. The summed E-state index contributed by atoms with van der Waals surface area (Å²) in [6.45, 7) is 6.50. The summed E-state index contributed by atoms with van der Waals surface area (Å²) in [5, 5.41) is 4.42. The molecule has 0 radical (unpaired) electrons. The molecule has 1 aromatic rings. The second kappa shape index (κ2) is 4.50. The third kappa shape index (κ3) is 2.59. The molecule has 0 bridgehead atoms. The van der Waals surface area contributed by atoms with Crippen LogP contribution in [0.25, 0.3) is 0 Å². The van der Waals surface area contributed by atoms with Gasteiger partial charge in [-0.2, -0.15) is 0 Å². The van der Waals surface area contributed by atoms with Crippen molar-refractivity contribution in [2.75, 3.05) is 11.1 Å². The van der Waals surface area contributed by atoms with Gasteiger partial charge in [0.25, 0.3) is 0 Å². The van der Waals surface area contributed by atoms with Crippen molar-refractivity contribution < 1.29 is 0 Å². The van der Waals surface area contributed by atoms with Crippen LogP contribution in [0.1, 0.15) is 25.8 Å². The summed E-state index contributed by atoms with van der Waals surface area (Å²) in [6, 6.07) is 8.42. The normalized spacial score (nSPS) is 24.3. The van der Waals surface area contributed by atoms with Crippen molar-refractivity contribution >= 4 is 22.6 Å². The molecule has 1 N–H and O–H groups in total. The summed E-state index contributed by atoms with van der Waals surface area (Å²) < 4.78 is 0. The van der Waals surface area contributed by atoms with Crippen LogP contribution in [0.15, 0.2) is 29.3 Å². The van der Waals surface area contributed by atoms with Gasteiger partial charge < -0.3 is 5.32 Å². The summed E-state index contributed by atoms with van der Waals surface area (Å²) in [6.07, 6.45) is 1.10. The number of hydrogen-bond donors (Lipinski definition) is 1. The average molecular weight is 234 g/mol. The SMILES string of the molecule is CCC1(C)CSC(Nc2ccc(C)cc2)=N1. The Morgan fingerprint density at radius 3 is 2.62 bits per heavy atom. The standard InChI is InChI=1S/C13H18N2S/c1-4-13(3)9-16-12(15-13)14-11-7-5-10(2)6-8-11/h5-8H,4,9H2,1-3H3,(H,14,15). The van der Waals surface area contributed by atoms with Gasteiger partial charge in [0, 0.05) is 11.4 Å². The van der Waals surface area contributed by atoms with Gasteiger partial charge in [-0.05, 0) is 32.4 Å². The van der Waals surface area contributed by atoms with E-state index in [1.807, 2.05) is 11.8 Å². The molecule has 2 rings (SSSR count). The Balaban J connectivity index is 2.06. The molecule has 1 aliphatic rings. The maximum absolute atomic E-state index is 4.72. The number of nitrogens with zero attached hydrogens (tertiary/aromatic N) is 1. The summed E-state index contributed by atoms with van der Waals surface area (Å²) in [5.41, 5.74) is 2.53. The maximum Gasteiger partial charge on any atom is 0.161 e. The van der Waals surface area contributed by atoms with Crippen LogP contribution in [0.5, 0.6) is 0 Å². The third-order valence-electron chi connectivity index (χ3n) is 2.96. The zero-order valence-corrected chi connectivity index (χ0v) is 10.9. The first-order valence-electron chi connectivity index (χ1n) is 5.68. The second-order valence-electron chi connectivity index (χ2n) is 4.55. The van der Waals surface area contributed by atoms with E-state index in [2.05, 4.69) is 50.4 Å². The van der Waals surface area contributed by atoms with Gasteiger partial charge in [0.2, 0.25) is 0 Å². The minimum absolute atomic E-state index is 0.123. The van der Waals surface area contributed by atoms with E-state index in [9.17, 15) is 0 Å². The van der Waals surface area contributed by atoms with E-state index in [1.165, 1.54) is 5.56 Å². The number of aliphatic imine (C=N–C) groups is 1. The van der Waals surface area contributed by atoms with Gasteiger partial charge in [0.15, 0.2) is 5.17 Å². The highest BCUT2D eigenvalue weighted by atomic mass is 32.2. The van der Waals surface area contributed by atoms with Gasteiger partial charge in [-0.25, -0.2) is 0 Å². The van der Waals surface area contributed by atoms with Crippen LogP contribution in [0, 0.1) is 6.92 Å². The van der Waals surface area contributed by atoms with E-state index in [1.54, 1.807) is 0 Å². The van der Waals surface area contributed by atoms with Crippen molar-refractivity contribution in [2.45, 2.75) is 32.7 Å².